The maximum atomic E-state index is 10.8. The summed E-state index contributed by atoms with van der Waals surface area (Å²) in [6.07, 6.45) is 5.20. The normalized spacial score (nSPS) is 21.2. The van der Waals surface area contributed by atoms with Gasteiger partial charge < -0.3 is 15.9 Å². The second-order valence-corrected chi connectivity index (χ2v) is 6.36. The lowest BCUT2D eigenvalue weighted by atomic mass is 10.0. The Morgan fingerprint density at radius 1 is 0.870 bits per heavy atom. The number of nitrogens with two attached hydrogens (primary N) is 1. The van der Waals surface area contributed by atoms with Gasteiger partial charge >= 0.3 is 0 Å². The van der Waals surface area contributed by atoms with Crippen LogP contribution < -0.4 is 5.73 Å². The third-order valence-electron chi connectivity index (χ3n) is 5.20. The van der Waals surface area contributed by atoms with Crippen molar-refractivity contribution in [2.24, 2.45) is 0 Å². The van der Waals surface area contributed by atoms with Crippen LogP contribution in [0, 0.1) is 0 Å². The minimum atomic E-state index is 0.143. The van der Waals surface area contributed by atoms with Gasteiger partial charge in [0.2, 0.25) is 11.8 Å². The summed E-state index contributed by atoms with van der Waals surface area (Å²) in [5.41, 5.74) is 9.24. The van der Waals surface area contributed by atoms with E-state index in [1.165, 1.54) is 0 Å². The fraction of sp³-hybridized carbons (Fsp3) is 0.158. The van der Waals surface area contributed by atoms with Crippen LogP contribution in [0.3, 0.4) is 0 Å². The molecular formula is C19H16N2O2. The highest BCUT2D eigenvalue weighted by molar-refractivity contribution is 5.98. The number of anilines is 1. The molecule has 4 N–H and O–H groups in total. The highest BCUT2D eigenvalue weighted by Gasteiger charge is 2.41. The van der Waals surface area contributed by atoms with Crippen LogP contribution in [0.25, 0.3) is 16.5 Å². The molecule has 2 aromatic carbocycles. The topological polar surface area (TPSA) is 71.4 Å². The van der Waals surface area contributed by atoms with Crippen LogP contribution in [-0.4, -0.2) is 14.8 Å². The van der Waals surface area contributed by atoms with Crippen LogP contribution in [-0.2, 0) is 0 Å². The molecule has 2 atom stereocenters. The van der Waals surface area contributed by atoms with Gasteiger partial charge in [-0.05, 0) is 18.6 Å². The quantitative estimate of drug-likeness (QED) is 0.473. The molecule has 2 aliphatic rings. The van der Waals surface area contributed by atoms with Gasteiger partial charge in [-0.2, -0.15) is 0 Å². The van der Waals surface area contributed by atoms with Gasteiger partial charge in [0.1, 0.15) is 0 Å². The van der Waals surface area contributed by atoms with E-state index >= 15 is 0 Å². The predicted octanol–water partition coefficient (Wildman–Crippen LogP) is 3.76. The highest BCUT2D eigenvalue weighted by Crippen LogP contribution is 2.57. The molecule has 2 aliphatic carbocycles. The molecule has 114 valence electrons. The molecule has 0 fully saturated rings. The van der Waals surface area contributed by atoms with Gasteiger partial charge in [-0.3, -0.25) is 4.57 Å². The molecule has 0 radical (unpaired) electrons. The predicted molar refractivity (Wildman–Crippen MR) is 90.3 cm³/mol. The average molecular weight is 304 g/mol. The van der Waals surface area contributed by atoms with E-state index in [-0.39, 0.29) is 23.6 Å². The van der Waals surface area contributed by atoms with Crippen LogP contribution in [0.4, 0.5) is 5.69 Å². The molecular weight excluding hydrogens is 288 g/mol. The molecule has 23 heavy (non-hydrogen) atoms. The van der Waals surface area contributed by atoms with Crippen molar-refractivity contribution in [3.63, 3.8) is 0 Å². The summed E-state index contributed by atoms with van der Waals surface area (Å²) in [5.74, 6) is 0.706. The molecule has 5 rings (SSSR count). The van der Waals surface area contributed by atoms with Crippen LogP contribution in [0.5, 0.6) is 11.8 Å². The molecule has 4 heteroatoms. The number of benzene rings is 2. The zero-order valence-corrected chi connectivity index (χ0v) is 12.4. The van der Waals surface area contributed by atoms with Crippen molar-refractivity contribution in [3.8, 4) is 17.4 Å². The fourth-order valence-corrected chi connectivity index (χ4v) is 4.17. The molecule has 0 saturated carbocycles. The lowest BCUT2D eigenvalue weighted by Crippen LogP contribution is -1.98. The summed E-state index contributed by atoms with van der Waals surface area (Å²) in [6, 6.07) is 11.4. The van der Waals surface area contributed by atoms with Crippen molar-refractivity contribution in [2.45, 2.75) is 18.3 Å². The smallest absolute Gasteiger partial charge is 0.202 e. The van der Waals surface area contributed by atoms with E-state index in [0.717, 1.165) is 34.0 Å². The number of aromatic nitrogens is 1. The molecule has 2 bridgehead atoms. The van der Waals surface area contributed by atoms with Crippen LogP contribution >= 0.6 is 0 Å². The Kier molecular flexibility index (Phi) is 2.25. The van der Waals surface area contributed by atoms with Gasteiger partial charge in [0.15, 0.2) is 0 Å². The molecule has 1 heterocycles. The third-order valence-corrected chi connectivity index (χ3v) is 5.20. The standard InChI is InChI=1S/C19H16N2O2/c20-14-7-8-15(13-4-2-1-3-12(13)14)21-18(22)16-10-5-6-11(9-10)17(16)19(21)23/h1-8,10-11,22-23H,9,20H2/t10-,11+. The Hall–Kier alpha value is -2.88. The van der Waals surface area contributed by atoms with Crippen molar-refractivity contribution < 1.29 is 10.2 Å². The molecule has 0 spiro atoms. The summed E-state index contributed by atoms with van der Waals surface area (Å²) in [4.78, 5) is 0. The van der Waals surface area contributed by atoms with Crippen molar-refractivity contribution in [1.82, 2.24) is 4.57 Å². The van der Waals surface area contributed by atoms with Crippen molar-refractivity contribution in [2.75, 3.05) is 5.73 Å². The van der Waals surface area contributed by atoms with Crippen LogP contribution in [0.1, 0.15) is 29.4 Å². The Morgan fingerprint density at radius 2 is 1.48 bits per heavy atom. The Bertz CT molecular complexity index is 965. The third kappa shape index (κ3) is 1.45. The number of hydrogen-bond donors (Lipinski definition) is 3. The van der Waals surface area contributed by atoms with E-state index in [0.29, 0.717) is 5.69 Å². The second kappa shape index (κ2) is 4.10. The summed E-state index contributed by atoms with van der Waals surface area (Å²) in [5, 5.41) is 23.4. The summed E-state index contributed by atoms with van der Waals surface area (Å²) in [7, 11) is 0. The number of nitrogens with zero attached hydrogens (tertiary/aromatic N) is 1. The summed E-state index contributed by atoms with van der Waals surface area (Å²) >= 11 is 0. The van der Waals surface area contributed by atoms with E-state index in [1.807, 2.05) is 36.4 Å². The minimum Gasteiger partial charge on any atom is -0.494 e. The van der Waals surface area contributed by atoms with E-state index in [4.69, 9.17) is 5.73 Å². The highest BCUT2D eigenvalue weighted by atomic mass is 16.3. The molecule has 0 amide bonds. The lowest BCUT2D eigenvalue weighted by molar-refractivity contribution is 0.396. The minimum absolute atomic E-state index is 0.143. The van der Waals surface area contributed by atoms with Crippen LogP contribution in [0.2, 0.25) is 0 Å². The lowest BCUT2D eigenvalue weighted by Gasteiger charge is -2.13. The zero-order valence-electron chi connectivity index (χ0n) is 12.4. The molecule has 0 aliphatic heterocycles. The van der Waals surface area contributed by atoms with E-state index in [2.05, 4.69) is 12.2 Å². The number of aromatic hydroxyl groups is 2. The fourth-order valence-electron chi connectivity index (χ4n) is 4.17. The zero-order chi connectivity index (χ0) is 15.7. The number of allylic oxidation sites excluding steroid dienone is 2. The first-order valence-electron chi connectivity index (χ1n) is 7.79. The van der Waals surface area contributed by atoms with E-state index < -0.39 is 0 Å². The van der Waals surface area contributed by atoms with Crippen molar-refractivity contribution >= 4 is 16.5 Å². The number of nitrogen functional groups attached to an aromatic ring is 1. The van der Waals surface area contributed by atoms with Gasteiger partial charge in [-0.15, -0.1) is 0 Å². The second-order valence-electron chi connectivity index (χ2n) is 6.36. The molecule has 1 aromatic heterocycles. The monoisotopic (exact) mass is 304 g/mol. The van der Waals surface area contributed by atoms with Crippen LogP contribution in [0.15, 0.2) is 48.6 Å². The average Bonchev–Trinajstić information content (AvgIpc) is 3.24. The summed E-state index contributed by atoms with van der Waals surface area (Å²) < 4.78 is 1.55. The van der Waals surface area contributed by atoms with Gasteiger partial charge in [0.05, 0.1) is 5.69 Å². The Morgan fingerprint density at radius 3 is 2.13 bits per heavy atom. The Balaban J connectivity index is 1.84. The summed E-state index contributed by atoms with van der Waals surface area (Å²) in [6.45, 7) is 0. The number of fused-ring (bicyclic) bond motifs is 6. The van der Waals surface area contributed by atoms with Crippen molar-refractivity contribution in [3.05, 3.63) is 59.7 Å². The van der Waals surface area contributed by atoms with Crippen molar-refractivity contribution in [1.29, 1.82) is 0 Å². The Labute approximate surface area is 133 Å². The SMILES string of the molecule is Nc1ccc(-n2c(O)c3c(c2O)[C@H]2C=C[C@@H]3C2)c2ccccc12. The molecule has 0 saturated heterocycles. The first-order valence-corrected chi connectivity index (χ1v) is 7.79. The van der Waals surface area contributed by atoms with Gasteiger partial charge in [-0.1, -0.05) is 36.4 Å². The number of rotatable bonds is 1. The maximum Gasteiger partial charge on any atom is 0.202 e. The first kappa shape index (κ1) is 12.6. The number of hydrogen-bond acceptors (Lipinski definition) is 3. The molecule has 3 aromatic rings. The largest absolute Gasteiger partial charge is 0.494 e. The van der Waals surface area contributed by atoms with E-state index in [9.17, 15) is 10.2 Å². The van der Waals surface area contributed by atoms with Gasteiger partial charge in [0, 0.05) is 39.4 Å². The van der Waals surface area contributed by atoms with E-state index in [1.54, 1.807) is 4.57 Å². The molecule has 4 nitrogen and oxygen atoms in total. The first-order chi connectivity index (χ1) is 11.2. The van der Waals surface area contributed by atoms with Gasteiger partial charge in [-0.25, -0.2) is 0 Å². The maximum absolute atomic E-state index is 10.8. The molecule has 0 unspecified atom stereocenters. The van der Waals surface area contributed by atoms with Gasteiger partial charge in [0.25, 0.3) is 0 Å².